The number of nitrogens with zero attached hydrogens (tertiary/aromatic N) is 3. The maximum Gasteiger partial charge on any atom is 0.132 e. The van der Waals surface area contributed by atoms with Crippen LogP contribution in [0, 0.1) is 18.3 Å². The number of nitriles is 1. The Hall–Kier alpha value is -1.83. The van der Waals surface area contributed by atoms with Crippen molar-refractivity contribution in [3.8, 4) is 6.07 Å². The van der Waals surface area contributed by atoms with Crippen LogP contribution < -0.4 is 10.6 Å². The van der Waals surface area contributed by atoms with Gasteiger partial charge in [-0.15, -0.1) is 0 Å². The van der Waals surface area contributed by atoms with Gasteiger partial charge in [-0.25, -0.2) is 9.97 Å². The zero-order valence-electron chi connectivity index (χ0n) is 7.63. The predicted octanol–water partition coefficient (Wildman–Crippen LogP) is 0.762. The molecule has 2 N–H and O–H groups in total. The van der Waals surface area contributed by atoms with Crippen LogP contribution in [0.3, 0.4) is 0 Å². The fourth-order valence-corrected chi connectivity index (χ4v) is 0.916. The number of hydrogen-bond acceptors (Lipinski definition) is 5. The molecule has 0 amide bonds. The predicted molar refractivity (Wildman–Crippen MR) is 50.4 cm³/mol. The molecular weight excluding hydrogens is 166 g/mol. The molecule has 0 fully saturated rings. The lowest BCUT2D eigenvalue weighted by molar-refractivity contribution is 1.04. The van der Waals surface area contributed by atoms with Crippen LogP contribution in [0.5, 0.6) is 0 Å². The third kappa shape index (κ3) is 2.60. The van der Waals surface area contributed by atoms with E-state index in [1.807, 2.05) is 6.07 Å². The van der Waals surface area contributed by atoms with Crippen LogP contribution in [0.25, 0.3) is 0 Å². The van der Waals surface area contributed by atoms with E-state index in [-0.39, 0.29) is 6.54 Å². The van der Waals surface area contributed by atoms with Crippen molar-refractivity contribution in [2.45, 2.75) is 6.92 Å². The fraction of sp³-hybridized carbons (Fsp3) is 0.375. The van der Waals surface area contributed by atoms with E-state index in [1.165, 1.54) is 0 Å². The van der Waals surface area contributed by atoms with Crippen molar-refractivity contribution < 1.29 is 0 Å². The molecule has 0 aromatic carbocycles. The topological polar surface area (TPSA) is 73.6 Å². The first kappa shape index (κ1) is 9.26. The lowest BCUT2D eigenvalue weighted by Gasteiger charge is -2.04. The van der Waals surface area contributed by atoms with E-state index in [1.54, 1.807) is 20.0 Å². The van der Waals surface area contributed by atoms with Crippen molar-refractivity contribution in [2.24, 2.45) is 0 Å². The van der Waals surface area contributed by atoms with Gasteiger partial charge in [0.1, 0.15) is 24.0 Å². The van der Waals surface area contributed by atoms with E-state index in [2.05, 4.69) is 20.6 Å². The smallest absolute Gasteiger partial charge is 0.132 e. The van der Waals surface area contributed by atoms with E-state index in [0.29, 0.717) is 11.6 Å². The average Bonchev–Trinajstić information content (AvgIpc) is 2.14. The molecule has 1 heterocycles. The van der Waals surface area contributed by atoms with Gasteiger partial charge in [-0.05, 0) is 6.92 Å². The van der Waals surface area contributed by atoms with E-state index >= 15 is 0 Å². The lowest BCUT2D eigenvalue weighted by atomic mass is 10.5. The summed E-state index contributed by atoms with van der Waals surface area (Å²) in [5.74, 6) is 2.08. The molecule has 0 spiro atoms. The molecule has 0 bridgehead atoms. The molecule has 13 heavy (non-hydrogen) atoms. The summed E-state index contributed by atoms with van der Waals surface area (Å²) in [5, 5.41) is 14.1. The first-order chi connectivity index (χ1) is 6.26. The van der Waals surface area contributed by atoms with Crippen LogP contribution in [0.15, 0.2) is 6.07 Å². The fourth-order valence-electron chi connectivity index (χ4n) is 0.916. The Morgan fingerprint density at radius 1 is 1.46 bits per heavy atom. The molecule has 0 aliphatic heterocycles. The van der Waals surface area contributed by atoms with Crippen LogP contribution in [-0.4, -0.2) is 23.6 Å². The average molecular weight is 177 g/mol. The number of aryl methyl sites for hydroxylation is 1. The molecular formula is C8H11N5. The zero-order chi connectivity index (χ0) is 9.68. The number of rotatable bonds is 3. The molecule has 68 valence electrons. The third-order valence-corrected chi connectivity index (χ3v) is 1.44. The minimum absolute atomic E-state index is 0.250. The van der Waals surface area contributed by atoms with E-state index in [0.717, 1.165) is 5.82 Å². The van der Waals surface area contributed by atoms with E-state index in [4.69, 9.17) is 5.26 Å². The number of aromatic nitrogens is 2. The Bertz CT molecular complexity index is 328. The van der Waals surface area contributed by atoms with Gasteiger partial charge in [-0.1, -0.05) is 0 Å². The van der Waals surface area contributed by atoms with Crippen molar-refractivity contribution >= 4 is 11.6 Å². The van der Waals surface area contributed by atoms with Gasteiger partial charge in [0.25, 0.3) is 0 Å². The summed E-state index contributed by atoms with van der Waals surface area (Å²) >= 11 is 0. The Labute approximate surface area is 76.8 Å². The second-order valence-corrected chi connectivity index (χ2v) is 2.45. The quantitative estimate of drug-likeness (QED) is 0.667. The SMILES string of the molecule is CNc1cc(NCC#N)nc(C)n1. The van der Waals surface area contributed by atoms with Gasteiger partial charge < -0.3 is 10.6 Å². The minimum Gasteiger partial charge on any atom is -0.373 e. The summed E-state index contributed by atoms with van der Waals surface area (Å²) in [7, 11) is 1.79. The van der Waals surface area contributed by atoms with Gasteiger partial charge in [0.15, 0.2) is 0 Å². The summed E-state index contributed by atoms with van der Waals surface area (Å²) in [6.45, 7) is 2.05. The van der Waals surface area contributed by atoms with Crippen LogP contribution in [0.1, 0.15) is 5.82 Å². The van der Waals surface area contributed by atoms with Crippen LogP contribution in [0.2, 0.25) is 0 Å². The first-order valence-corrected chi connectivity index (χ1v) is 3.90. The molecule has 0 unspecified atom stereocenters. The monoisotopic (exact) mass is 177 g/mol. The van der Waals surface area contributed by atoms with E-state index < -0.39 is 0 Å². The second kappa shape index (κ2) is 4.26. The van der Waals surface area contributed by atoms with Crippen molar-refractivity contribution in [3.63, 3.8) is 0 Å². The molecule has 0 saturated carbocycles. The number of anilines is 2. The van der Waals surface area contributed by atoms with Gasteiger partial charge in [0.2, 0.25) is 0 Å². The molecule has 0 aliphatic rings. The van der Waals surface area contributed by atoms with Crippen LogP contribution in [0.4, 0.5) is 11.6 Å². The summed E-state index contributed by atoms with van der Waals surface area (Å²) in [5.41, 5.74) is 0. The summed E-state index contributed by atoms with van der Waals surface area (Å²) < 4.78 is 0. The molecule has 0 saturated heterocycles. The lowest BCUT2D eigenvalue weighted by Crippen LogP contribution is -2.04. The Balaban J connectivity index is 2.83. The van der Waals surface area contributed by atoms with Gasteiger partial charge in [-0.3, -0.25) is 0 Å². The molecule has 0 radical (unpaired) electrons. The van der Waals surface area contributed by atoms with Crippen molar-refractivity contribution in [2.75, 3.05) is 24.2 Å². The number of hydrogen-bond donors (Lipinski definition) is 2. The minimum atomic E-state index is 0.250. The Morgan fingerprint density at radius 3 is 2.77 bits per heavy atom. The highest BCUT2D eigenvalue weighted by atomic mass is 15.1. The molecule has 1 rings (SSSR count). The van der Waals surface area contributed by atoms with Crippen LogP contribution >= 0.6 is 0 Å². The van der Waals surface area contributed by atoms with Crippen molar-refractivity contribution in [3.05, 3.63) is 11.9 Å². The molecule has 0 aliphatic carbocycles. The molecule has 5 nitrogen and oxygen atoms in total. The van der Waals surface area contributed by atoms with Gasteiger partial charge in [0.05, 0.1) is 6.07 Å². The number of nitrogens with one attached hydrogen (secondary N) is 2. The maximum atomic E-state index is 8.35. The summed E-state index contributed by atoms with van der Waals surface area (Å²) in [6.07, 6.45) is 0. The first-order valence-electron chi connectivity index (χ1n) is 3.90. The molecule has 1 aromatic heterocycles. The highest BCUT2D eigenvalue weighted by Crippen LogP contribution is 2.09. The highest BCUT2D eigenvalue weighted by molar-refractivity contribution is 5.47. The Kier molecular flexibility index (Phi) is 3.03. The van der Waals surface area contributed by atoms with Gasteiger partial charge in [-0.2, -0.15) is 5.26 Å². The maximum absolute atomic E-state index is 8.35. The molecule has 0 atom stereocenters. The highest BCUT2D eigenvalue weighted by Gasteiger charge is 1.98. The van der Waals surface area contributed by atoms with Crippen molar-refractivity contribution in [1.29, 1.82) is 5.26 Å². The van der Waals surface area contributed by atoms with Crippen LogP contribution in [-0.2, 0) is 0 Å². The van der Waals surface area contributed by atoms with E-state index in [9.17, 15) is 0 Å². The van der Waals surface area contributed by atoms with Crippen molar-refractivity contribution in [1.82, 2.24) is 9.97 Å². The largest absolute Gasteiger partial charge is 0.373 e. The summed E-state index contributed by atoms with van der Waals surface area (Å²) in [6, 6.07) is 3.74. The van der Waals surface area contributed by atoms with Gasteiger partial charge in [0, 0.05) is 13.1 Å². The summed E-state index contributed by atoms with van der Waals surface area (Å²) in [4.78, 5) is 8.22. The molecule has 1 aromatic rings. The molecule has 5 heteroatoms. The normalized spacial score (nSPS) is 9.00. The second-order valence-electron chi connectivity index (χ2n) is 2.45. The van der Waals surface area contributed by atoms with Gasteiger partial charge >= 0.3 is 0 Å². The third-order valence-electron chi connectivity index (χ3n) is 1.44. The zero-order valence-corrected chi connectivity index (χ0v) is 7.63. The Morgan fingerprint density at radius 2 is 2.15 bits per heavy atom. The standard InChI is InChI=1S/C8H11N5/c1-6-12-7(10-2)5-8(13-6)11-4-3-9/h5H,4H2,1-2H3,(H2,10,11,12,13).